The molecule has 4 aliphatic rings. The van der Waals surface area contributed by atoms with Crippen molar-refractivity contribution in [1.82, 2.24) is 14.7 Å². The molecule has 224 valence electrons. The second-order valence-corrected chi connectivity index (χ2v) is 14.9. The first-order valence-electron chi connectivity index (χ1n) is 15.7. The summed E-state index contributed by atoms with van der Waals surface area (Å²) in [5.74, 6) is 2.21. The third kappa shape index (κ3) is 6.56. The Hall–Kier alpha value is -1.26. The molecule has 10 heteroatoms. The number of likely N-dealkylation sites (tertiary alicyclic amines) is 1. The Morgan fingerprint density at radius 1 is 1.05 bits per heavy atom. The standard InChI is InChI=1S/C32H41BBr2ClN4O2/c1-33(42)40-16-6-21(7-17-40)18-29(41)38-12-8-22(9-13-38)23-10-14-39(15-11-23)32-27-4-5-28(36)30(35)26(27)3-2-24-19-25(34)20-37-31(24)32/h4-5,19-23,42H,2-3,6-18H2,1H3/q+1. The molecule has 3 fully saturated rings. The molecule has 6 rings (SSSR count). The van der Waals surface area contributed by atoms with Crippen molar-refractivity contribution in [3.8, 4) is 0 Å². The Morgan fingerprint density at radius 3 is 2.43 bits per heavy atom. The molecule has 0 atom stereocenters. The second kappa shape index (κ2) is 13.4. The maximum absolute atomic E-state index is 13.1. The maximum Gasteiger partial charge on any atom is 0.376 e. The van der Waals surface area contributed by atoms with Crippen LogP contribution >= 0.6 is 43.5 Å². The van der Waals surface area contributed by atoms with Crippen LogP contribution in [0.3, 0.4) is 0 Å². The van der Waals surface area contributed by atoms with Gasteiger partial charge >= 0.3 is 7.05 Å². The fourth-order valence-electron chi connectivity index (χ4n) is 7.77. The smallest absolute Gasteiger partial charge is 0.376 e. The minimum absolute atomic E-state index is 0.339. The van der Waals surface area contributed by atoms with Crippen LogP contribution in [0.2, 0.25) is 11.8 Å². The molecular weight excluding hydrogens is 678 g/mol. The number of aromatic nitrogens is 1. The van der Waals surface area contributed by atoms with Crippen molar-refractivity contribution in [2.45, 2.75) is 64.6 Å². The van der Waals surface area contributed by atoms with E-state index in [1.54, 1.807) is 0 Å². The Bertz CT molecular complexity index is 1350. The lowest BCUT2D eigenvalue weighted by atomic mass is 9.78. The van der Waals surface area contributed by atoms with E-state index >= 15 is 0 Å². The lowest BCUT2D eigenvalue weighted by molar-refractivity contribution is -0.541. The Kier molecular flexibility index (Phi) is 9.81. The van der Waals surface area contributed by atoms with Crippen molar-refractivity contribution >= 4 is 62.1 Å². The number of piperidine rings is 3. The molecule has 0 bridgehead atoms. The van der Waals surface area contributed by atoms with E-state index in [1.165, 1.54) is 35.2 Å². The summed E-state index contributed by atoms with van der Waals surface area (Å²) in [6.07, 6.45) is 11.1. The van der Waals surface area contributed by atoms with Crippen LogP contribution in [-0.2, 0) is 17.6 Å². The van der Waals surface area contributed by atoms with Crippen molar-refractivity contribution in [1.29, 1.82) is 0 Å². The van der Waals surface area contributed by atoms with Gasteiger partial charge in [0.2, 0.25) is 11.6 Å². The zero-order valence-electron chi connectivity index (χ0n) is 24.5. The third-order valence-electron chi connectivity index (χ3n) is 10.3. The van der Waals surface area contributed by atoms with Crippen LogP contribution in [0.1, 0.15) is 67.3 Å². The molecule has 3 saturated heterocycles. The molecular formula is C32H41BBr2ClN4O2+. The van der Waals surface area contributed by atoms with E-state index < -0.39 is 0 Å². The first kappa shape index (κ1) is 30.8. The minimum Gasteiger partial charge on any atom is -0.437 e. The zero-order valence-corrected chi connectivity index (χ0v) is 28.4. The van der Waals surface area contributed by atoms with E-state index in [-0.39, 0.29) is 7.05 Å². The van der Waals surface area contributed by atoms with Crippen LogP contribution < -0.4 is 0 Å². The monoisotopic (exact) mass is 717 g/mol. The van der Waals surface area contributed by atoms with Crippen LogP contribution in [0.5, 0.6) is 0 Å². The molecule has 1 aromatic heterocycles. The van der Waals surface area contributed by atoms with Crippen LogP contribution in [0, 0.1) is 17.8 Å². The number of nitrogens with zero attached hydrogens (tertiary/aromatic N) is 4. The van der Waals surface area contributed by atoms with Crippen LogP contribution in [-0.4, -0.2) is 82.2 Å². The van der Waals surface area contributed by atoms with E-state index in [0.717, 1.165) is 97.5 Å². The summed E-state index contributed by atoms with van der Waals surface area (Å²) in [5, 5.41) is 10.6. The lowest BCUT2D eigenvalue weighted by Gasteiger charge is -2.38. The fourth-order valence-corrected chi connectivity index (χ4v) is 8.87. The average molecular weight is 720 g/mol. The van der Waals surface area contributed by atoms with Crippen LogP contribution in [0.25, 0.3) is 0 Å². The topological polar surface area (TPSA) is 59.7 Å². The van der Waals surface area contributed by atoms with E-state index in [0.29, 0.717) is 30.1 Å². The van der Waals surface area contributed by atoms with E-state index in [9.17, 15) is 9.82 Å². The molecule has 3 aliphatic heterocycles. The second-order valence-electron chi connectivity index (χ2n) is 12.8. The zero-order chi connectivity index (χ0) is 29.4. The minimum atomic E-state index is -0.384. The molecule has 1 aliphatic carbocycles. The van der Waals surface area contributed by atoms with E-state index in [2.05, 4.69) is 58.3 Å². The normalized spacial score (nSPS) is 22.5. The highest BCUT2D eigenvalue weighted by molar-refractivity contribution is 9.10. The highest BCUT2D eigenvalue weighted by Gasteiger charge is 2.36. The van der Waals surface area contributed by atoms with Crippen molar-refractivity contribution in [2.24, 2.45) is 17.8 Å². The van der Waals surface area contributed by atoms with Gasteiger partial charge in [-0.05, 0) is 137 Å². The molecule has 0 radical (unpaired) electrons. The van der Waals surface area contributed by atoms with Gasteiger partial charge in [-0.1, -0.05) is 11.6 Å². The number of carbonyl (C=O) groups is 1. The van der Waals surface area contributed by atoms with E-state index in [4.69, 9.17) is 16.6 Å². The van der Waals surface area contributed by atoms with Crippen LogP contribution in [0.15, 0.2) is 33.3 Å². The van der Waals surface area contributed by atoms with Crippen molar-refractivity contribution in [2.75, 3.05) is 39.3 Å². The van der Waals surface area contributed by atoms with Gasteiger partial charge in [0.25, 0.3) is 0 Å². The summed E-state index contributed by atoms with van der Waals surface area (Å²) < 4.78 is 4.60. The number of halogens is 3. The summed E-state index contributed by atoms with van der Waals surface area (Å²) in [5.41, 5.74) is 6.17. The molecule has 6 nitrogen and oxygen atoms in total. The number of hydrogen-bond donors (Lipinski definition) is 1. The summed E-state index contributed by atoms with van der Waals surface area (Å²) in [7, 11) is -0.384. The molecule has 0 unspecified atom stereocenters. The van der Waals surface area contributed by atoms with Gasteiger partial charge in [-0.25, -0.2) is 9.56 Å². The summed E-state index contributed by atoms with van der Waals surface area (Å²) >= 11 is 14.0. The molecule has 2 aromatic rings. The van der Waals surface area contributed by atoms with Gasteiger partial charge < -0.3 is 14.7 Å². The molecule has 0 saturated carbocycles. The van der Waals surface area contributed by atoms with Gasteiger partial charge in [-0.2, -0.15) is 0 Å². The van der Waals surface area contributed by atoms with Gasteiger partial charge in [0.05, 0.1) is 10.6 Å². The molecule has 1 amide bonds. The molecule has 1 N–H and O–H groups in total. The number of amides is 1. The van der Waals surface area contributed by atoms with Crippen molar-refractivity contribution in [3.63, 3.8) is 0 Å². The quantitative estimate of drug-likeness (QED) is 0.308. The predicted octanol–water partition coefficient (Wildman–Crippen LogP) is 6.07. The maximum atomic E-state index is 13.1. The van der Waals surface area contributed by atoms with Gasteiger partial charge in [-0.3, -0.25) is 4.79 Å². The fraction of sp³-hybridized carbons (Fsp3) is 0.594. The summed E-state index contributed by atoms with van der Waals surface area (Å²) in [6, 6.07) is 6.42. The first-order valence-corrected chi connectivity index (χ1v) is 17.7. The number of rotatable bonds is 4. The average Bonchev–Trinajstić information content (AvgIpc) is 3.16. The molecule has 0 spiro atoms. The number of benzene rings is 1. The number of aryl methyl sites for hydroxylation is 1. The van der Waals surface area contributed by atoms with Crippen molar-refractivity contribution < 1.29 is 14.4 Å². The highest BCUT2D eigenvalue weighted by Crippen LogP contribution is 2.37. The third-order valence-corrected chi connectivity index (χ3v) is 12.2. The van der Waals surface area contributed by atoms with Gasteiger partial charge in [0.1, 0.15) is 18.8 Å². The van der Waals surface area contributed by atoms with Gasteiger partial charge in [-0.15, -0.1) is 0 Å². The SMILES string of the molecule is CB(O)N1CCC(CC(=O)N2CCC(C3CC[N+](=C4c5ccc(Cl)c(Br)c5CCc5cc(Br)cnc54)CC3)CC2)CC1. The van der Waals surface area contributed by atoms with Gasteiger partial charge in [0.15, 0.2) is 0 Å². The molecule has 4 heterocycles. The van der Waals surface area contributed by atoms with Crippen LogP contribution in [0.4, 0.5) is 0 Å². The number of pyridine rings is 1. The molecule has 42 heavy (non-hydrogen) atoms. The number of fused-ring (bicyclic) bond motifs is 2. The predicted molar refractivity (Wildman–Crippen MR) is 176 cm³/mol. The summed E-state index contributed by atoms with van der Waals surface area (Å²) in [4.78, 5) is 22.3. The Labute approximate surface area is 272 Å². The van der Waals surface area contributed by atoms with Crippen molar-refractivity contribution in [3.05, 3.63) is 60.7 Å². The Balaban J connectivity index is 1.10. The highest BCUT2D eigenvalue weighted by atomic mass is 79.9. The molecule has 1 aromatic carbocycles. The number of hydrogen-bond acceptors (Lipinski definition) is 4. The lowest BCUT2D eigenvalue weighted by Crippen LogP contribution is -2.45. The Morgan fingerprint density at radius 2 is 1.74 bits per heavy atom. The largest absolute Gasteiger partial charge is 0.437 e. The summed E-state index contributed by atoms with van der Waals surface area (Å²) in [6.45, 7) is 7.49. The first-order chi connectivity index (χ1) is 20.3. The van der Waals surface area contributed by atoms with E-state index in [1.807, 2.05) is 19.1 Å². The van der Waals surface area contributed by atoms with Gasteiger partial charge in [0, 0.05) is 47.5 Å². The number of carbonyl (C=O) groups excluding carboxylic acids is 1.